The van der Waals surface area contributed by atoms with Gasteiger partial charge in [0.25, 0.3) is 5.91 Å². The Balaban J connectivity index is 1.74. The Morgan fingerprint density at radius 1 is 1.14 bits per heavy atom. The number of hydrogen-bond donors (Lipinski definition) is 1. The molecule has 3 rings (SSSR count). The molecule has 2 aliphatic rings. The highest BCUT2D eigenvalue weighted by Crippen LogP contribution is 2.40. The van der Waals surface area contributed by atoms with Crippen molar-refractivity contribution in [3.05, 3.63) is 35.9 Å². The average Bonchev–Trinajstić information content (AvgIpc) is 2.55. The van der Waals surface area contributed by atoms with Crippen LogP contribution in [0.15, 0.2) is 24.5 Å². The lowest BCUT2D eigenvalue weighted by atomic mass is 9.71. The van der Waals surface area contributed by atoms with E-state index in [1.807, 2.05) is 4.90 Å². The fraction of sp³-hybridized carbons (Fsp3) is 0.500. The normalized spacial score (nSPS) is 24.5. The molecule has 1 spiro atoms. The molecule has 1 N–H and O–H groups in total. The second kappa shape index (κ2) is 5.87. The minimum Gasteiger partial charge on any atom is -0.476 e. The molecule has 1 aliphatic heterocycles. The van der Waals surface area contributed by atoms with Gasteiger partial charge in [0.05, 0.1) is 12.4 Å². The molecule has 6 nitrogen and oxygen atoms in total. The van der Waals surface area contributed by atoms with Gasteiger partial charge in [0, 0.05) is 13.1 Å². The number of carboxylic acids is 1. The van der Waals surface area contributed by atoms with Gasteiger partial charge >= 0.3 is 5.97 Å². The summed E-state index contributed by atoms with van der Waals surface area (Å²) in [5.41, 5.74) is 0.273. The Labute approximate surface area is 128 Å². The van der Waals surface area contributed by atoms with Gasteiger partial charge in [0.2, 0.25) is 0 Å². The molecule has 1 saturated heterocycles. The van der Waals surface area contributed by atoms with Crippen LogP contribution in [0.25, 0.3) is 0 Å². The smallest absolute Gasteiger partial charge is 0.356 e. The Hall–Kier alpha value is -2.24. The van der Waals surface area contributed by atoms with Crippen molar-refractivity contribution < 1.29 is 14.7 Å². The summed E-state index contributed by atoms with van der Waals surface area (Å²) < 4.78 is 0. The fourth-order valence-corrected chi connectivity index (χ4v) is 3.41. The van der Waals surface area contributed by atoms with Crippen molar-refractivity contribution in [2.45, 2.75) is 32.1 Å². The van der Waals surface area contributed by atoms with Crippen LogP contribution >= 0.6 is 0 Å². The summed E-state index contributed by atoms with van der Waals surface area (Å²) in [7, 11) is 0. The zero-order valence-corrected chi connectivity index (χ0v) is 12.4. The molecule has 1 aromatic heterocycles. The Morgan fingerprint density at radius 2 is 1.91 bits per heavy atom. The fourth-order valence-electron chi connectivity index (χ4n) is 3.41. The second-order valence-corrected chi connectivity index (χ2v) is 6.14. The van der Waals surface area contributed by atoms with Gasteiger partial charge < -0.3 is 10.0 Å². The molecule has 116 valence electrons. The molecule has 0 saturated carbocycles. The van der Waals surface area contributed by atoms with E-state index in [-0.39, 0.29) is 22.7 Å². The average molecular weight is 301 g/mol. The molecule has 22 heavy (non-hydrogen) atoms. The molecule has 1 atom stereocenters. The SMILES string of the molecule is O=C(O)c1cnc(C(=O)N2CCCC3(CC=CCC3)C2)cn1. The van der Waals surface area contributed by atoms with Gasteiger partial charge in [-0.1, -0.05) is 12.2 Å². The molecular weight excluding hydrogens is 282 g/mol. The summed E-state index contributed by atoms with van der Waals surface area (Å²) in [6, 6.07) is 0. The van der Waals surface area contributed by atoms with Crippen molar-refractivity contribution in [1.82, 2.24) is 14.9 Å². The number of carbonyl (C=O) groups is 2. The molecule has 1 fully saturated rings. The Bertz CT molecular complexity index is 612. The van der Waals surface area contributed by atoms with E-state index < -0.39 is 5.97 Å². The standard InChI is InChI=1S/C16H19N3O3/c20-14(12-9-18-13(10-17-12)15(21)22)19-8-4-7-16(11-19)5-2-1-3-6-16/h1-2,9-10H,3-8,11H2,(H,21,22). The van der Waals surface area contributed by atoms with E-state index >= 15 is 0 Å². The number of piperidine rings is 1. The lowest BCUT2D eigenvalue weighted by Gasteiger charge is -2.43. The van der Waals surface area contributed by atoms with Crippen molar-refractivity contribution in [2.24, 2.45) is 5.41 Å². The van der Waals surface area contributed by atoms with Crippen LogP contribution in [-0.2, 0) is 0 Å². The van der Waals surface area contributed by atoms with Crippen LogP contribution in [-0.4, -0.2) is 44.9 Å². The van der Waals surface area contributed by atoms with Gasteiger partial charge in [-0.2, -0.15) is 0 Å². The highest BCUT2D eigenvalue weighted by Gasteiger charge is 2.37. The number of carbonyl (C=O) groups excluding carboxylic acids is 1. The number of rotatable bonds is 2. The van der Waals surface area contributed by atoms with Gasteiger partial charge in [-0.05, 0) is 37.5 Å². The third-order valence-electron chi connectivity index (χ3n) is 4.60. The van der Waals surface area contributed by atoms with Crippen molar-refractivity contribution >= 4 is 11.9 Å². The van der Waals surface area contributed by atoms with Crippen molar-refractivity contribution in [1.29, 1.82) is 0 Å². The van der Waals surface area contributed by atoms with E-state index in [0.29, 0.717) is 0 Å². The molecule has 1 amide bonds. The number of likely N-dealkylation sites (tertiary alicyclic amines) is 1. The first-order valence-electron chi connectivity index (χ1n) is 7.59. The number of aromatic carboxylic acids is 1. The van der Waals surface area contributed by atoms with Gasteiger partial charge in [0.15, 0.2) is 5.69 Å². The topological polar surface area (TPSA) is 83.4 Å². The number of nitrogens with zero attached hydrogens (tertiary/aromatic N) is 3. The second-order valence-electron chi connectivity index (χ2n) is 6.14. The van der Waals surface area contributed by atoms with Crippen LogP contribution in [0.3, 0.4) is 0 Å². The van der Waals surface area contributed by atoms with Crippen LogP contribution < -0.4 is 0 Å². The predicted molar refractivity (Wildman–Crippen MR) is 79.6 cm³/mol. The quantitative estimate of drug-likeness (QED) is 0.846. The highest BCUT2D eigenvalue weighted by atomic mass is 16.4. The minimum absolute atomic E-state index is 0.149. The summed E-state index contributed by atoms with van der Waals surface area (Å²) in [4.78, 5) is 32.9. The predicted octanol–water partition coefficient (Wildman–Crippen LogP) is 2.14. The molecule has 1 unspecified atom stereocenters. The zero-order chi connectivity index (χ0) is 15.6. The van der Waals surface area contributed by atoms with Gasteiger partial charge in [-0.15, -0.1) is 0 Å². The third kappa shape index (κ3) is 2.86. The first-order valence-corrected chi connectivity index (χ1v) is 7.59. The van der Waals surface area contributed by atoms with E-state index in [4.69, 9.17) is 5.11 Å². The summed E-state index contributed by atoms with van der Waals surface area (Å²) >= 11 is 0. The van der Waals surface area contributed by atoms with E-state index in [2.05, 4.69) is 22.1 Å². The van der Waals surface area contributed by atoms with Crippen molar-refractivity contribution in [3.63, 3.8) is 0 Å². The summed E-state index contributed by atoms with van der Waals surface area (Å²) in [6.07, 6.45) is 12.2. The van der Waals surface area contributed by atoms with Crippen LogP contribution in [0, 0.1) is 5.41 Å². The van der Waals surface area contributed by atoms with Gasteiger partial charge in [0.1, 0.15) is 5.69 Å². The molecule has 0 radical (unpaired) electrons. The Morgan fingerprint density at radius 3 is 2.55 bits per heavy atom. The van der Waals surface area contributed by atoms with Crippen LogP contribution in [0.5, 0.6) is 0 Å². The summed E-state index contributed by atoms with van der Waals surface area (Å²) in [6.45, 7) is 1.48. The molecule has 1 aliphatic carbocycles. The first-order chi connectivity index (χ1) is 10.6. The maximum absolute atomic E-state index is 12.6. The Kier molecular flexibility index (Phi) is 3.92. The van der Waals surface area contributed by atoms with Crippen LogP contribution in [0.4, 0.5) is 0 Å². The lowest BCUT2D eigenvalue weighted by molar-refractivity contribution is 0.0478. The molecule has 2 heterocycles. The van der Waals surface area contributed by atoms with Crippen LogP contribution in [0.1, 0.15) is 53.1 Å². The van der Waals surface area contributed by atoms with Crippen molar-refractivity contribution in [3.8, 4) is 0 Å². The van der Waals surface area contributed by atoms with E-state index in [0.717, 1.165) is 51.4 Å². The lowest BCUT2D eigenvalue weighted by Crippen LogP contribution is -2.46. The minimum atomic E-state index is -1.14. The first kappa shape index (κ1) is 14.7. The number of amides is 1. The van der Waals surface area contributed by atoms with E-state index in [1.165, 1.54) is 6.20 Å². The number of hydrogen-bond acceptors (Lipinski definition) is 4. The molecule has 0 aromatic carbocycles. The number of carboxylic acid groups (broad SMARTS) is 1. The van der Waals surface area contributed by atoms with Crippen LogP contribution in [0.2, 0.25) is 0 Å². The highest BCUT2D eigenvalue weighted by molar-refractivity contribution is 5.92. The number of aromatic nitrogens is 2. The van der Waals surface area contributed by atoms with Gasteiger partial charge in [-0.3, -0.25) is 4.79 Å². The monoisotopic (exact) mass is 301 g/mol. The summed E-state index contributed by atoms with van der Waals surface area (Å²) in [5, 5.41) is 8.82. The maximum atomic E-state index is 12.6. The summed E-state index contributed by atoms with van der Waals surface area (Å²) in [5.74, 6) is -1.30. The number of allylic oxidation sites excluding steroid dienone is 2. The third-order valence-corrected chi connectivity index (χ3v) is 4.60. The largest absolute Gasteiger partial charge is 0.476 e. The molecule has 1 aromatic rings. The maximum Gasteiger partial charge on any atom is 0.356 e. The molecule has 6 heteroatoms. The van der Waals surface area contributed by atoms with Gasteiger partial charge in [-0.25, -0.2) is 14.8 Å². The molecular formula is C16H19N3O3. The zero-order valence-electron chi connectivity index (χ0n) is 12.4. The van der Waals surface area contributed by atoms with E-state index in [9.17, 15) is 9.59 Å². The van der Waals surface area contributed by atoms with E-state index in [1.54, 1.807) is 0 Å². The van der Waals surface area contributed by atoms with Crippen molar-refractivity contribution in [2.75, 3.05) is 13.1 Å². The molecule has 0 bridgehead atoms.